The maximum absolute atomic E-state index is 13.4. The summed E-state index contributed by atoms with van der Waals surface area (Å²) < 4.78 is 69.7. The second kappa shape index (κ2) is 19.8. The second-order valence-electron chi connectivity index (χ2n) is 8.72. The summed E-state index contributed by atoms with van der Waals surface area (Å²) in [6, 6.07) is -2.79. The van der Waals surface area contributed by atoms with Gasteiger partial charge in [0.05, 0.1) is 6.61 Å². The predicted octanol–water partition coefficient (Wildman–Crippen LogP) is 5.73. The smallest absolute Gasteiger partial charge is 0.463 e. The highest BCUT2D eigenvalue weighted by Crippen LogP contribution is 2.35. The first-order valence-corrected chi connectivity index (χ1v) is 15.4. The molecule has 2 N–H and O–H groups in total. The van der Waals surface area contributed by atoms with Crippen LogP contribution >= 0.6 is 23.5 Å². The highest BCUT2D eigenvalue weighted by atomic mass is 32.2. The first-order chi connectivity index (χ1) is 17.4. The van der Waals surface area contributed by atoms with Crippen molar-refractivity contribution in [2.75, 3.05) is 30.6 Å². The number of nitrogens with one attached hydrogen (secondary N) is 2. The van der Waals surface area contributed by atoms with Crippen LogP contribution in [-0.2, 0) is 19.1 Å². The van der Waals surface area contributed by atoms with Gasteiger partial charge < -0.3 is 15.4 Å². The van der Waals surface area contributed by atoms with Crippen molar-refractivity contribution in [2.45, 2.75) is 102 Å². The molecule has 2 atom stereocenters. The Hall–Kier alpha value is -1.24. The Bertz CT molecular complexity index is 670. The minimum absolute atomic E-state index is 0.157. The van der Waals surface area contributed by atoms with Gasteiger partial charge in [0.1, 0.15) is 12.1 Å². The first kappa shape index (κ1) is 35.8. The molecule has 0 aliphatic carbocycles. The van der Waals surface area contributed by atoms with E-state index >= 15 is 0 Å². The zero-order valence-corrected chi connectivity index (χ0v) is 23.5. The van der Waals surface area contributed by atoms with E-state index in [2.05, 4.69) is 12.2 Å². The number of unbranched alkanes of at least 4 members (excludes halogenated alkanes) is 8. The molecule has 37 heavy (non-hydrogen) atoms. The van der Waals surface area contributed by atoms with Gasteiger partial charge in [-0.25, -0.2) is 4.79 Å². The number of carbonyl (C=O) groups is 3. The van der Waals surface area contributed by atoms with Crippen molar-refractivity contribution in [1.82, 2.24) is 10.6 Å². The molecule has 0 rings (SSSR count). The SMILES string of the molecule is CCCCCCCCCCCOC(=O)C(CCSC)NC(=O)C(CCSC)NC(=O)C(F)(F)C(F)(F)F. The summed E-state index contributed by atoms with van der Waals surface area (Å²) in [6.07, 6.45) is 7.05. The number of hydrogen-bond acceptors (Lipinski definition) is 6. The van der Waals surface area contributed by atoms with E-state index in [1.54, 1.807) is 12.5 Å². The van der Waals surface area contributed by atoms with Crippen LogP contribution in [0.15, 0.2) is 0 Å². The molecule has 2 amide bonds. The fourth-order valence-corrected chi connectivity index (χ4v) is 4.27. The molecular weight excluding hydrogens is 539 g/mol. The van der Waals surface area contributed by atoms with Crippen LogP contribution in [0.25, 0.3) is 0 Å². The molecule has 0 heterocycles. The molecule has 6 nitrogen and oxygen atoms in total. The van der Waals surface area contributed by atoms with Gasteiger partial charge in [0.15, 0.2) is 0 Å². The van der Waals surface area contributed by atoms with Gasteiger partial charge in [-0.1, -0.05) is 58.3 Å². The van der Waals surface area contributed by atoms with E-state index in [9.17, 15) is 36.3 Å². The first-order valence-electron chi connectivity index (χ1n) is 12.6. The van der Waals surface area contributed by atoms with Crippen molar-refractivity contribution in [2.24, 2.45) is 0 Å². The Labute approximate surface area is 225 Å². The van der Waals surface area contributed by atoms with Crippen LogP contribution < -0.4 is 10.6 Å². The van der Waals surface area contributed by atoms with E-state index in [0.29, 0.717) is 12.2 Å². The molecule has 0 aromatic rings. The van der Waals surface area contributed by atoms with Crippen LogP contribution in [0, 0.1) is 0 Å². The van der Waals surface area contributed by atoms with Crippen LogP contribution in [0.5, 0.6) is 0 Å². The average molecular weight is 581 g/mol. The summed E-state index contributed by atoms with van der Waals surface area (Å²) in [4.78, 5) is 36.9. The largest absolute Gasteiger partial charge is 0.464 e. The number of carbonyl (C=O) groups excluding carboxylic acids is 3. The van der Waals surface area contributed by atoms with Gasteiger partial charge in [0, 0.05) is 0 Å². The fraction of sp³-hybridized carbons (Fsp3) is 0.875. The Balaban J connectivity index is 4.89. The standard InChI is InChI=1S/C24H41F5N2O4S2/c1-4-5-6-7-8-9-10-11-12-15-35-21(33)19(14-17-37-3)30-20(32)18(13-16-36-2)31-22(34)23(25,26)24(27,28)29/h18-19H,4-17H2,1-3H3,(H,30,32)(H,31,34). The average Bonchev–Trinajstić information content (AvgIpc) is 2.84. The molecule has 0 saturated carbocycles. The highest BCUT2D eigenvalue weighted by Gasteiger charge is 2.63. The lowest BCUT2D eigenvalue weighted by atomic mass is 10.1. The lowest BCUT2D eigenvalue weighted by Gasteiger charge is -2.25. The number of esters is 1. The zero-order chi connectivity index (χ0) is 28.3. The van der Waals surface area contributed by atoms with Crippen molar-refractivity contribution in [3.8, 4) is 0 Å². The Morgan fingerprint density at radius 2 is 1.24 bits per heavy atom. The lowest BCUT2D eigenvalue weighted by molar-refractivity contribution is -0.270. The molecule has 0 saturated heterocycles. The fourth-order valence-electron chi connectivity index (χ4n) is 3.33. The van der Waals surface area contributed by atoms with Crippen LogP contribution in [0.1, 0.15) is 77.6 Å². The van der Waals surface area contributed by atoms with Crippen LogP contribution in [0.3, 0.4) is 0 Å². The summed E-state index contributed by atoms with van der Waals surface area (Å²) in [5, 5.41) is 3.86. The van der Waals surface area contributed by atoms with E-state index in [-0.39, 0.29) is 25.2 Å². The van der Waals surface area contributed by atoms with Crippen molar-refractivity contribution < 1.29 is 41.1 Å². The van der Waals surface area contributed by atoms with Gasteiger partial charge in [-0.05, 0) is 43.3 Å². The van der Waals surface area contributed by atoms with Crippen molar-refractivity contribution in [3.63, 3.8) is 0 Å². The summed E-state index contributed by atoms with van der Waals surface area (Å²) in [6.45, 7) is 2.32. The third-order valence-corrected chi connectivity index (χ3v) is 6.87. The quantitative estimate of drug-likeness (QED) is 0.102. The summed E-state index contributed by atoms with van der Waals surface area (Å²) >= 11 is 2.62. The van der Waals surface area contributed by atoms with Gasteiger partial charge in [0.25, 0.3) is 0 Å². The molecule has 0 aromatic heterocycles. The number of thioether (sulfide) groups is 2. The van der Waals surface area contributed by atoms with Crippen molar-refractivity contribution in [1.29, 1.82) is 0 Å². The summed E-state index contributed by atoms with van der Waals surface area (Å²) in [5.41, 5.74) is 0. The number of hydrogen-bond donors (Lipinski definition) is 2. The van der Waals surface area contributed by atoms with Crippen molar-refractivity contribution in [3.05, 3.63) is 0 Å². The van der Waals surface area contributed by atoms with Crippen molar-refractivity contribution >= 4 is 41.3 Å². The molecule has 0 aliphatic rings. The molecule has 0 spiro atoms. The number of ether oxygens (including phenoxy) is 1. The van der Waals surface area contributed by atoms with Gasteiger partial charge in [-0.15, -0.1) is 0 Å². The van der Waals surface area contributed by atoms with Gasteiger partial charge in [0.2, 0.25) is 5.91 Å². The monoisotopic (exact) mass is 580 g/mol. The third-order valence-electron chi connectivity index (χ3n) is 5.58. The van der Waals surface area contributed by atoms with Gasteiger partial charge in [-0.3, -0.25) is 9.59 Å². The molecule has 218 valence electrons. The minimum atomic E-state index is -6.10. The van der Waals surface area contributed by atoms with E-state index < -0.39 is 42.0 Å². The van der Waals surface area contributed by atoms with E-state index in [1.165, 1.54) is 60.9 Å². The lowest BCUT2D eigenvalue weighted by Crippen LogP contribution is -2.58. The molecule has 13 heteroatoms. The van der Waals surface area contributed by atoms with Gasteiger partial charge in [-0.2, -0.15) is 45.5 Å². The number of rotatable bonds is 21. The normalized spacial score (nSPS) is 13.6. The number of alkyl halides is 5. The van der Waals surface area contributed by atoms with Crippen LogP contribution in [-0.4, -0.2) is 72.6 Å². The zero-order valence-electron chi connectivity index (χ0n) is 21.9. The highest BCUT2D eigenvalue weighted by molar-refractivity contribution is 7.98. The molecular formula is C24H41F5N2O4S2. The maximum atomic E-state index is 13.4. The molecule has 0 fully saturated rings. The summed E-state index contributed by atoms with van der Waals surface area (Å²) in [5.74, 6) is -9.34. The van der Waals surface area contributed by atoms with E-state index in [1.807, 2.05) is 0 Å². The number of amides is 2. The third kappa shape index (κ3) is 15.1. The van der Waals surface area contributed by atoms with Gasteiger partial charge >= 0.3 is 24.0 Å². The summed E-state index contributed by atoms with van der Waals surface area (Å²) in [7, 11) is 0. The molecule has 0 bridgehead atoms. The minimum Gasteiger partial charge on any atom is -0.464 e. The Morgan fingerprint density at radius 3 is 1.73 bits per heavy atom. The predicted molar refractivity (Wildman–Crippen MR) is 139 cm³/mol. The topological polar surface area (TPSA) is 84.5 Å². The molecule has 0 aromatic carbocycles. The molecule has 0 radical (unpaired) electrons. The Morgan fingerprint density at radius 1 is 0.757 bits per heavy atom. The Kier molecular flexibility index (Phi) is 19.1. The maximum Gasteiger partial charge on any atom is 0.463 e. The second-order valence-corrected chi connectivity index (χ2v) is 10.7. The van der Waals surface area contributed by atoms with E-state index in [4.69, 9.17) is 4.74 Å². The van der Waals surface area contributed by atoms with Crippen LogP contribution in [0.4, 0.5) is 22.0 Å². The van der Waals surface area contributed by atoms with Crippen LogP contribution in [0.2, 0.25) is 0 Å². The van der Waals surface area contributed by atoms with E-state index in [0.717, 1.165) is 19.3 Å². The molecule has 2 unspecified atom stereocenters. The molecule has 0 aliphatic heterocycles. The number of halogens is 5.